The van der Waals surface area contributed by atoms with Gasteiger partial charge in [0.1, 0.15) is 5.69 Å². The van der Waals surface area contributed by atoms with E-state index in [1.54, 1.807) is 0 Å². The zero-order valence-electron chi connectivity index (χ0n) is 12.0. The SMILES string of the molecule is CCNC(Cn1c(C(F)(F)F)cccc1=O)C(C)CC. The molecule has 0 saturated carbocycles. The second-order valence-electron chi connectivity index (χ2n) is 4.91. The molecule has 20 heavy (non-hydrogen) atoms. The summed E-state index contributed by atoms with van der Waals surface area (Å²) in [6.07, 6.45) is -3.69. The molecular formula is C14H21F3N2O. The average Bonchev–Trinajstić information content (AvgIpc) is 2.38. The summed E-state index contributed by atoms with van der Waals surface area (Å²) >= 11 is 0. The summed E-state index contributed by atoms with van der Waals surface area (Å²) in [5.41, 5.74) is -1.51. The van der Waals surface area contributed by atoms with Crippen molar-refractivity contribution in [3.8, 4) is 0 Å². The normalized spacial score (nSPS) is 15.1. The number of nitrogens with one attached hydrogen (secondary N) is 1. The highest BCUT2D eigenvalue weighted by Gasteiger charge is 2.34. The molecule has 1 rings (SSSR count). The maximum Gasteiger partial charge on any atom is 0.431 e. The van der Waals surface area contributed by atoms with Crippen LogP contribution in [0.1, 0.15) is 32.9 Å². The third-order valence-electron chi connectivity index (χ3n) is 3.52. The number of aromatic nitrogens is 1. The quantitative estimate of drug-likeness (QED) is 0.874. The van der Waals surface area contributed by atoms with Crippen LogP contribution in [0.4, 0.5) is 13.2 Å². The number of alkyl halides is 3. The van der Waals surface area contributed by atoms with Crippen LogP contribution < -0.4 is 10.9 Å². The summed E-state index contributed by atoms with van der Waals surface area (Å²) in [5.74, 6) is 0.183. The number of nitrogens with zero attached hydrogens (tertiary/aromatic N) is 1. The number of pyridine rings is 1. The molecule has 0 aromatic carbocycles. The first kappa shape index (κ1) is 16.8. The van der Waals surface area contributed by atoms with Gasteiger partial charge in [-0.25, -0.2) is 0 Å². The molecule has 0 aliphatic heterocycles. The van der Waals surface area contributed by atoms with E-state index in [0.717, 1.165) is 29.2 Å². The molecule has 0 radical (unpaired) electrons. The highest BCUT2D eigenvalue weighted by molar-refractivity contribution is 5.10. The molecule has 0 aliphatic rings. The van der Waals surface area contributed by atoms with Crippen molar-refractivity contribution >= 4 is 0 Å². The van der Waals surface area contributed by atoms with E-state index in [2.05, 4.69) is 5.32 Å². The van der Waals surface area contributed by atoms with E-state index in [1.807, 2.05) is 20.8 Å². The summed E-state index contributed by atoms with van der Waals surface area (Å²) in [6, 6.07) is 3.09. The van der Waals surface area contributed by atoms with Gasteiger partial charge in [0, 0.05) is 18.7 Å². The molecule has 0 aliphatic carbocycles. The van der Waals surface area contributed by atoms with E-state index < -0.39 is 17.4 Å². The number of halogens is 3. The molecular weight excluding hydrogens is 269 g/mol. The van der Waals surface area contributed by atoms with Gasteiger partial charge in [-0.3, -0.25) is 4.79 Å². The Morgan fingerprint density at radius 2 is 1.95 bits per heavy atom. The molecule has 0 fully saturated rings. The molecule has 3 nitrogen and oxygen atoms in total. The van der Waals surface area contributed by atoms with Gasteiger partial charge in [-0.1, -0.05) is 33.3 Å². The number of hydrogen-bond donors (Lipinski definition) is 1. The van der Waals surface area contributed by atoms with E-state index in [0.29, 0.717) is 6.54 Å². The number of rotatable bonds is 6. The largest absolute Gasteiger partial charge is 0.431 e. The van der Waals surface area contributed by atoms with Crippen molar-refractivity contribution in [2.75, 3.05) is 6.54 Å². The molecule has 1 heterocycles. The van der Waals surface area contributed by atoms with Gasteiger partial charge in [0.15, 0.2) is 0 Å². The Morgan fingerprint density at radius 3 is 2.45 bits per heavy atom. The van der Waals surface area contributed by atoms with E-state index in [9.17, 15) is 18.0 Å². The highest BCUT2D eigenvalue weighted by Crippen LogP contribution is 2.28. The molecule has 114 valence electrons. The number of hydrogen-bond acceptors (Lipinski definition) is 2. The predicted octanol–water partition coefficient (Wildman–Crippen LogP) is 2.89. The molecule has 0 bridgehead atoms. The average molecular weight is 290 g/mol. The topological polar surface area (TPSA) is 34.0 Å². The van der Waals surface area contributed by atoms with Gasteiger partial charge in [-0.15, -0.1) is 0 Å². The van der Waals surface area contributed by atoms with Crippen LogP contribution in [0.5, 0.6) is 0 Å². The van der Waals surface area contributed by atoms with Crippen LogP contribution in [0.15, 0.2) is 23.0 Å². The third-order valence-corrected chi connectivity index (χ3v) is 3.52. The highest BCUT2D eigenvalue weighted by atomic mass is 19.4. The van der Waals surface area contributed by atoms with Crippen LogP contribution in [0.3, 0.4) is 0 Å². The smallest absolute Gasteiger partial charge is 0.312 e. The molecule has 2 unspecified atom stereocenters. The fourth-order valence-electron chi connectivity index (χ4n) is 2.15. The summed E-state index contributed by atoms with van der Waals surface area (Å²) in [6.45, 7) is 6.52. The van der Waals surface area contributed by atoms with Crippen LogP contribution in [0, 0.1) is 5.92 Å². The molecule has 0 saturated heterocycles. The van der Waals surface area contributed by atoms with E-state index in [1.165, 1.54) is 0 Å². The minimum absolute atomic E-state index is 0.0252. The van der Waals surface area contributed by atoms with E-state index in [4.69, 9.17) is 0 Å². The summed E-state index contributed by atoms with van der Waals surface area (Å²) in [7, 11) is 0. The Labute approximate surface area is 116 Å². The van der Waals surface area contributed by atoms with E-state index in [-0.39, 0.29) is 18.5 Å². The summed E-state index contributed by atoms with van der Waals surface area (Å²) in [4.78, 5) is 11.8. The Kier molecular flexibility index (Phi) is 5.80. The van der Waals surface area contributed by atoms with Gasteiger partial charge in [-0.05, 0) is 18.5 Å². The zero-order chi connectivity index (χ0) is 15.3. The fraction of sp³-hybridized carbons (Fsp3) is 0.643. The van der Waals surface area contributed by atoms with Crippen molar-refractivity contribution in [3.05, 3.63) is 34.2 Å². The van der Waals surface area contributed by atoms with Crippen molar-refractivity contribution in [2.24, 2.45) is 5.92 Å². The van der Waals surface area contributed by atoms with Gasteiger partial charge in [0.2, 0.25) is 0 Å². The summed E-state index contributed by atoms with van der Waals surface area (Å²) < 4.78 is 39.7. The molecule has 0 spiro atoms. The van der Waals surface area contributed by atoms with Crippen molar-refractivity contribution < 1.29 is 13.2 Å². The first-order valence-electron chi connectivity index (χ1n) is 6.81. The van der Waals surface area contributed by atoms with Crippen molar-refractivity contribution in [3.63, 3.8) is 0 Å². The minimum atomic E-state index is -4.52. The van der Waals surface area contributed by atoms with Crippen LogP contribution in [-0.4, -0.2) is 17.2 Å². The molecule has 1 N–H and O–H groups in total. The zero-order valence-corrected chi connectivity index (χ0v) is 12.0. The first-order valence-corrected chi connectivity index (χ1v) is 6.81. The first-order chi connectivity index (χ1) is 9.31. The van der Waals surface area contributed by atoms with Crippen LogP contribution in [0.25, 0.3) is 0 Å². The fourth-order valence-corrected chi connectivity index (χ4v) is 2.15. The second kappa shape index (κ2) is 6.92. The lowest BCUT2D eigenvalue weighted by Gasteiger charge is -2.26. The van der Waals surface area contributed by atoms with Crippen molar-refractivity contribution in [1.29, 1.82) is 0 Å². The maximum atomic E-state index is 13.0. The molecule has 1 aromatic heterocycles. The van der Waals surface area contributed by atoms with Gasteiger partial charge in [-0.2, -0.15) is 13.2 Å². The van der Waals surface area contributed by atoms with Crippen LogP contribution >= 0.6 is 0 Å². The van der Waals surface area contributed by atoms with Gasteiger partial charge in [0.05, 0.1) is 0 Å². The lowest BCUT2D eigenvalue weighted by molar-refractivity contribution is -0.144. The Bertz CT molecular complexity index is 482. The van der Waals surface area contributed by atoms with Crippen LogP contribution in [-0.2, 0) is 12.7 Å². The molecule has 6 heteroatoms. The Hall–Kier alpha value is -1.30. The van der Waals surface area contributed by atoms with Gasteiger partial charge < -0.3 is 9.88 Å². The minimum Gasteiger partial charge on any atom is -0.312 e. The Balaban J connectivity index is 3.15. The van der Waals surface area contributed by atoms with Crippen molar-refractivity contribution in [1.82, 2.24) is 9.88 Å². The van der Waals surface area contributed by atoms with Gasteiger partial charge >= 0.3 is 6.18 Å². The third kappa shape index (κ3) is 4.10. The van der Waals surface area contributed by atoms with Crippen molar-refractivity contribution in [2.45, 2.75) is 46.0 Å². The van der Waals surface area contributed by atoms with Gasteiger partial charge in [0.25, 0.3) is 5.56 Å². The predicted molar refractivity (Wildman–Crippen MR) is 72.6 cm³/mol. The molecule has 2 atom stereocenters. The summed E-state index contributed by atoms with van der Waals surface area (Å²) in [5, 5.41) is 3.16. The Morgan fingerprint density at radius 1 is 1.30 bits per heavy atom. The van der Waals surface area contributed by atoms with Crippen LogP contribution in [0.2, 0.25) is 0 Å². The monoisotopic (exact) mass is 290 g/mol. The lowest BCUT2D eigenvalue weighted by atomic mass is 9.99. The van der Waals surface area contributed by atoms with E-state index >= 15 is 0 Å². The molecule has 1 aromatic rings. The second-order valence-corrected chi connectivity index (χ2v) is 4.91. The lowest BCUT2D eigenvalue weighted by Crippen LogP contribution is -2.42. The standard InChI is InChI=1S/C14H21F3N2O/c1-4-10(3)11(18-5-2)9-19-12(14(15,16)17)7-6-8-13(19)20/h6-8,10-11,18H,4-5,9H2,1-3H3. The molecule has 0 amide bonds. The number of likely N-dealkylation sites (N-methyl/N-ethyl adjacent to an activating group) is 1. The maximum absolute atomic E-state index is 13.0.